The molecule has 0 fully saturated rings. The van der Waals surface area contributed by atoms with Gasteiger partial charge in [-0.05, 0) is 37.0 Å². The van der Waals surface area contributed by atoms with Crippen molar-refractivity contribution in [2.45, 2.75) is 44.5 Å². The van der Waals surface area contributed by atoms with E-state index in [0.717, 1.165) is 28.1 Å². The van der Waals surface area contributed by atoms with Gasteiger partial charge >= 0.3 is 5.97 Å². The smallest absolute Gasteiger partial charge is 0.373 e. The number of esters is 1. The van der Waals surface area contributed by atoms with Crippen molar-refractivity contribution >= 4 is 39.3 Å². The summed E-state index contributed by atoms with van der Waals surface area (Å²) in [5.74, 6) is 1.24. The zero-order valence-electron chi connectivity index (χ0n) is 15.8. The second-order valence-electron chi connectivity index (χ2n) is 6.45. The van der Waals surface area contributed by atoms with E-state index < -0.39 is 5.97 Å². The predicted molar refractivity (Wildman–Crippen MR) is 108 cm³/mol. The van der Waals surface area contributed by atoms with Gasteiger partial charge in [-0.1, -0.05) is 32.0 Å². The van der Waals surface area contributed by atoms with Gasteiger partial charge in [0.05, 0.1) is 18.2 Å². The Bertz CT molecular complexity index is 1020. The molecule has 1 N–H and O–H groups in total. The van der Waals surface area contributed by atoms with E-state index >= 15 is 0 Å². The molecule has 0 bridgehead atoms. The molecule has 0 amide bonds. The van der Waals surface area contributed by atoms with Gasteiger partial charge in [-0.2, -0.15) is 0 Å². The Hall–Kier alpha value is -2.06. The number of H-pyrrole nitrogens is 1. The van der Waals surface area contributed by atoms with Crippen LogP contribution in [-0.2, 0) is 16.9 Å². The molecule has 6 nitrogen and oxygen atoms in total. The third-order valence-corrected chi connectivity index (χ3v) is 6.43. The lowest BCUT2D eigenvalue weighted by atomic mass is 9.98. The third kappa shape index (κ3) is 4.27. The highest BCUT2D eigenvalue weighted by molar-refractivity contribution is 7.98. The lowest BCUT2D eigenvalue weighted by Gasteiger charge is -2.08. The quantitative estimate of drug-likeness (QED) is 0.352. The van der Waals surface area contributed by atoms with Crippen LogP contribution in [0.1, 0.15) is 47.0 Å². The minimum atomic E-state index is -0.512. The highest BCUT2D eigenvalue weighted by Gasteiger charge is 2.17. The summed E-state index contributed by atoms with van der Waals surface area (Å²) in [6.45, 7) is 6.40. The fourth-order valence-electron chi connectivity index (χ4n) is 2.77. The van der Waals surface area contributed by atoms with E-state index in [-0.39, 0.29) is 11.3 Å². The van der Waals surface area contributed by atoms with E-state index in [2.05, 4.69) is 28.6 Å². The lowest BCUT2D eigenvalue weighted by Crippen LogP contribution is -2.11. The molecule has 3 aromatic heterocycles. The topological polar surface area (TPSA) is 85.2 Å². The molecule has 3 heterocycles. The van der Waals surface area contributed by atoms with E-state index in [1.165, 1.54) is 18.9 Å². The Morgan fingerprint density at radius 3 is 2.93 bits per heavy atom. The second-order valence-corrected chi connectivity index (χ2v) is 8.62. The van der Waals surface area contributed by atoms with Crippen LogP contribution in [0.5, 0.6) is 0 Å². The molecule has 0 radical (unpaired) electrons. The molecule has 0 aromatic carbocycles. The Kier molecular flexibility index (Phi) is 6.06. The van der Waals surface area contributed by atoms with Crippen LogP contribution < -0.4 is 5.56 Å². The molecule has 1 atom stereocenters. The van der Waals surface area contributed by atoms with Crippen molar-refractivity contribution in [3.63, 3.8) is 0 Å². The SMILES string of the molecule is CC[C@@H](C)Cc1c(C)sc2nc(SCc3ccc(C(=O)OC)o3)[nH]c(=O)c12. The van der Waals surface area contributed by atoms with Crippen LogP contribution in [0, 0.1) is 12.8 Å². The number of aromatic nitrogens is 2. The van der Waals surface area contributed by atoms with Crippen LogP contribution in [0.25, 0.3) is 10.2 Å². The summed E-state index contributed by atoms with van der Waals surface area (Å²) in [4.78, 5) is 33.5. The van der Waals surface area contributed by atoms with Gasteiger partial charge in [0.15, 0.2) is 5.16 Å². The summed E-state index contributed by atoms with van der Waals surface area (Å²) < 4.78 is 10.1. The number of carbonyl (C=O) groups is 1. The first-order chi connectivity index (χ1) is 12.9. The maximum atomic E-state index is 12.7. The first-order valence-corrected chi connectivity index (χ1v) is 10.5. The fraction of sp³-hybridized carbons (Fsp3) is 0.421. The number of hydrogen-bond acceptors (Lipinski definition) is 7. The number of carbonyl (C=O) groups excluding carboxylic acids is 1. The number of thiophene rings is 1. The van der Waals surface area contributed by atoms with Crippen LogP contribution in [-0.4, -0.2) is 23.0 Å². The summed E-state index contributed by atoms with van der Waals surface area (Å²) >= 11 is 2.93. The maximum absolute atomic E-state index is 12.7. The number of aromatic amines is 1. The second kappa shape index (κ2) is 8.31. The van der Waals surface area contributed by atoms with Crippen molar-refractivity contribution in [3.8, 4) is 0 Å². The molecule has 0 saturated heterocycles. The number of fused-ring (bicyclic) bond motifs is 1. The van der Waals surface area contributed by atoms with Crippen molar-refractivity contribution in [1.82, 2.24) is 9.97 Å². The summed E-state index contributed by atoms with van der Waals surface area (Å²) in [7, 11) is 1.31. The van der Waals surface area contributed by atoms with Crippen molar-refractivity contribution in [2.24, 2.45) is 5.92 Å². The number of ether oxygens (including phenoxy) is 1. The van der Waals surface area contributed by atoms with Crippen LogP contribution in [0.2, 0.25) is 0 Å². The number of nitrogens with one attached hydrogen (secondary N) is 1. The molecule has 0 spiro atoms. The predicted octanol–water partition coefficient (Wildman–Crippen LogP) is 4.55. The summed E-state index contributed by atoms with van der Waals surface area (Å²) in [5, 5.41) is 1.26. The number of hydrogen-bond donors (Lipinski definition) is 1. The average Bonchev–Trinajstić information content (AvgIpc) is 3.24. The minimum absolute atomic E-state index is 0.0974. The van der Waals surface area contributed by atoms with Crippen LogP contribution in [0.15, 0.2) is 26.5 Å². The monoisotopic (exact) mass is 406 g/mol. The lowest BCUT2D eigenvalue weighted by molar-refractivity contribution is 0.0563. The number of rotatable bonds is 7. The van der Waals surface area contributed by atoms with Crippen molar-refractivity contribution < 1.29 is 13.9 Å². The van der Waals surface area contributed by atoms with Crippen molar-refractivity contribution in [2.75, 3.05) is 7.11 Å². The van der Waals surface area contributed by atoms with E-state index in [1.54, 1.807) is 23.5 Å². The summed E-state index contributed by atoms with van der Waals surface area (Å²) in [6, 6.07) is 3.29. The Labute approximate surface area is 165 Å². The minimum Gasteiger partial charge on any atom is -0.463 e. The largest absolute Gasteiger partial charge is 0.463 e. The Balaban J connectivity index is 1.81. The number of methoxy groups -OCH3 is 1. The standard InChI is InChI=1S/C19H22N2O4S2/c1-5-10(2)8-13-11(3)27-17-15(13)16(22)20-19(21-17)26-9-12-6-7-14(25-12)18(23)24-4/h6-7,10H,5,8-9H2,1-4H3,(H,20,21,22)/t10-/m1/s1. The molecule has 27 heavy (non-hydrogen) atoms. The van der Waals surface area contributed by atoms with Crippen molar-refractivity contribution in [1.29, 1.82) is 0 Å². The van der Waals surface area contributed by atoms with E-state index in [1.807, 2.05) is 6.92 Å². The van der Waals surface area contributed by atoms with Gasteiger partial charge in [0.1, 0.15) is 10.6 Å². The number of aryl methyl sites for hydroxylation is 1. The highest BCUT2D eigenvalue weighted by atomic mass is 32.2. The van der Waals surface area contributed by atoms with Gasteiger partial charge in [-0.3, -0.25) is 4.79 Å². The first kappa shape index (κ1) is 19.7. The van der Waals surface area contributed by atoms with Gasteiger partial charge in [-0.15, -0.1) is 11.3 Å². The molecule has 3 rings (SSSR count). The molecular weight excluding hydrogens is 384 g/mol. The van der Waals surface area contributed by atoms with E-state index in [9.17, 15) is 9.59 Å². The van der Waals surface area contributed by atoms with Crippen LogP contribution in [0.3, 0.4) is 0 Å². The fourth-order valence-corrected chi connectivity index (χ4v) is 4.63. The third-order valence-electron chi connectivity index (χ3n) is 4.49. The number of nitrogens with zero attached hydrogens (tertiary/aromatic N) is 1. The van der Waals surface area contributed by atoms with E-state index in [4.69, 9.17) is 4.42 Å². The first-order valence-electron chi connectivity index (χ1n) is 8.75. The Morgan fingerprint density at radius 1 is 1.44 bits per heavy atom. The van der Waals surface area contributed by atoms with Gasteiger partial charge in [0.25, 0.3) is 5.56 Å². The summed E-state index contributed by atoms with van der Waals surface area (Å²) in [5.41, 5.74) is 1.02. The molecule has 0 aliphatic heterocycles. The maximum Gasteiger partial charge on any atom is 0.373 e. The summed E-state index contributed by atoms with van der Waals surface area (Å²) in [6.07, 6.45) is 1.97. The average molecular weight is 407 g/mol. The highest BCUT2D eigenvalue weighted by Crippen LogP contribution is 2.31. The zero-order chi connectivity index (χ0) is 19.6. The number of furan rings is 1. The van der Waals surface area contributed by atoms with Crippen LogP contribution >= 0.6 is 23.1 Å². The molecule has 8 heteroatoms. The van der Waals surface area contributed by atoms with Gasteiger partial charge in [0.2, 0.25) is 5.76 Å². The van der Waals surface area contributed by atoms with Gasteiger partial charge < -0.3 is 14.1 Å². The molecule has 0 unspecified atom stereocenters. The van der Waals surface area contributed by atoms with Crippen LogP contribution in [0.4, 0.5) is 0 Å². The molecular formula is C19H22N2O4S2. The molecule has 3 aromatic rings. The number of thioether (sulfide) groups is 1. The molecule has 0 aliphatic carbocycles. The molecule has 0 aliphatic rings. The molecule has 144 valence electrons. The zero-order valence-corrected chi connectivity index (χ0v) is 17.4. The van der Waals surface area contributed by atoms with Gasteiger partial charge in [0, 0.05) is 4.88 Å². The van der Waals surface area contributed by atoms with Gasteiger partial charge in [-0.25, -0.2) is 9.78 Å². The Morgan fingerprint density at radius 2 is 2.22 bits per heavy atom. The van der Waals surface area contributed by atoms with E-state index in [0.29, 0.717) is 28.0 Å². The normalized spacial score (nSPS) is 12.4. The molecule has 0 saturated carbocycles. The van der Waals surface area contributed by atoms with Crippen molar-refractivity contribution in [3.05, 3.63) is 44.4 Å².